The summed E-state index contributed by atoms with van der Waals surface area (Å²) in [5.74, 6) is 0. The Balaban J connectivity index is 2.44. The van der Waals surface area contributed by atoms with Crippen LogP contribution in [0.4, 0.5) is 0 Å². The summed E-state index contributed by atoms with van der Waals surface area (Å²) in [6.45, 7) is 6.14. The number of aryl methyl sites for hydroxylation is 2. The molecule has 1 unspecified atom stereocenters. The van der Waals surface area contributed by atoms with Crippen LogP contribution in [-0.2, 0) is 20.0 Å². The molecule has 1 aromatic rings. The third kappa shape index (κ3) is 4.19. The average Bonchev–Trinajstić information content (AvgIpc) is 2.60. The molecule has 1 heterocycles. The van der Waals surface area contributed by atoms with Crippen molar-refractivity contribution in [2.24, 2.45) is 7.05 Å². The maximum atomic E-state index is 6.27. The number of aromatic nitrogens is 2. The normalized spacial score (nSPS) is 13.0. The van der Waals surface area contributed by atoms with Crippen LogP contribution in [0.25, 0.3) is 0 Å². The van der Waals surface area contributed by atoms with Gasteiger partial charge in [0.25, 0.3) is 0 Å². The summed E-state index contributed by atoms with van der Waals surface area (Å²) in [5, 5.41) is 9.35. The second-order valence-corrected chi connectivity index (χ2v) is 5.85. The Hall–Kier alpha value is -0.190. The van der Waals surface area contributed by atoms with E-state index in [-0.39, 0.29) is 0 Å². The van der Waals surface area contributed by atoms with Crippen molar-refractivity contribution in [1.29, 1.82) is 0 Å². The van der Waals surface area contributed by atoms with Crippen LogP contribution in [0.2, 0.25) is 5.02 Å². The van der Waals surface area contributed by atoms with E-state index >= 15 is 0 Å². The van der Waals surface area contributed by atoms with E-state index in [0.29, 0.717) is 5.25 Å². The van der Waals surface area contributed by atoms with Gasteiger partial charge in [-0.05, 0) is 25.6 Å². The fourth-order valence-electron chi connectivity index (χ4n) is 1.64. The Morgan fingerprint density at radius 2 is 2.24 bits per heavy atom. The third-order valence-electron chi connectivity index (χ3n) is 2.93. The second kappa shape index (κ2) is 7.29. The zero-order valence-electron chi connectivity index (χ0n) is 11.1. The van der Waals surface area contributed by atoms with Gasteiger partial charge in [0.1, 0.15) is 0 Å². The highest BCUT2D eigenvalue weighted by molar-refractivity contribution is 7.99. The van der Waals surface area contributed by atoms with E-state index in [1.54, 1.807) is 0 Å². The largest absolute Gasteiger partial charge is 0.311 e. The van der Waals surface area contributed by atoms with Crippen LogP contribution < -0.4 is 5.32 Å². The van der Waals surface area contributed by atoms with E-state index in [2.05, 4.69) is 30.5 Å². The highest BCUT2D eigenvalue weighted by Gasteiger charge is 2.12. The van der Waals surface area contributed by atoms with Crippen molar-refractivity contribution < 1.29 is 0 Å². The van der Waals surface area contributed by atoms with Gasteiger partial charge in [-0.3, -0.25) is 4.68 Å². The molecule has 5 heteroatoms. The highest BCUT2D eigenvalue weighted by Crippen LogP contribution is 2.20. The summed E-state index contributed by atoms with van der Waals surface area (Å²) in [7, 11) is 1.95. The lowest BCUT2D eigenvalue weighted by molar-refractivity contribution is 0.605. The van der Waals surface area contributed by atoms with Gasteiger partial charge in [-0.15, -0.1) is 0 Å². The topological polar surface area (TPSA) is 29.9 Å². The first-order valence-corrected chi connectivity index (χ1v) is 7.70. The molecular formula is C12H22ClN3S. The number of hydrogen-bond donors (Lipinski definition) is 1. The van der Waals surface area contributed by atoms with E-state index < -0.39 is 0 Å². The van der Waals surface area contributed by atoms with Crippen molar-refractivity contribution in [1.82, 2.24) is 15.1 Å². The van der Waals surface area contributed by atoms with E-state index in [0.717, 1.165) is 35.9 Å². The van der Waals surface area contributed by atoms with E-state index in [1.165, 1.54) is 6.42 Å². The Morgan fingerprint density at radius 1 is 1.53 bits per heavy atom. The second-order valence-electron chi connectivity index (χ2n) is 4.20. The Kier molecular flexibility index (Phi) is 6.38. The molecular weight excluding hydrogens is 254 g/mol. The lowest BCUT2D eigenvalue weighted by Gasteiger charge is -2.09. The summed E-state index contributed by atoms with van der Waals surface area (Å²) < 4.78 is 1.88. The van der Waals surface area contributed by atoms with Crippen LogP contribution in [0.15, 0.2) is 0 Å². The molecule has 0 aliphatic heterocycles. The molecule has 0 saturated heterocycles. The summed E-state index contributed by atoms with van der Waals surface area (Å²) in [6.07, 6.45) is 4.21. The maximum absolute atomic E-state index is 6.27. The molecule has 1 atom stereocenters. The smallest absolute Gasteiger partial charge is 0.0863 e. The fourth-order valence-corrected chi connectivity index (χ4v) is 2.36. The fraction of sp³-hybridized carbons (Fsp3) is 0.750. The van der Waals surface area contributed by atoms with Gasteiger partial charge >= 0.3 is 0 Å². The molecule has 0 fully saturated rings. The molecule has 1 rings (SSSR count). The van der Waals surface area contributed by atoms with Crippen LogP contribution in [0.5, 0.6) is 0 Å². The maximum Gasteiger partial charge on any atom is 0.0863 e. The summed E-state index contributed by atoms with van der Waals surface area (Å²) in [5.41, 5.74) is 2.07. The molecule has 1 N–H and O–H groups in total. The number of halogens is 1. The van der Waals surface area contributed by atoms with Gasteiger partial charge in [0.15, 0.2) is 0 Å². The number of rotatable bonds is 7. The molecule has 98 valence electrons. The van der Waals surface area contributed by atoms with Crippen LogP contribution in [0, 0.1) is 0 Å². The molecule has 0 spiro atoms. The SMILES string of the molecule is CCc1nn(C)c(CNCCC(C)SC)c1Cl. The number of hydrogen-bond acceptors (Lipinski definition) is 3. The molecule has 3 nitrogen and oxygen atoms in total. The third-order valence-corrected chi connectivity index (χ3v) is 4.40. The zero-order chi connectivity index (χ0) is 12.8. The Morgan fingerprint density at radius 3 is 2.76 bits per heavy atom. The van der Waals surface area contributed by atoms with Crippen LogP contribution in [0.1, 0.15) is 31.7 Å². The average molecular weight is 276 g/mol. The molecule has 0 amide bonds. The van der Waals surface area contributed by atoms with Gasteiger partial charge < -0.3 is 5.32 Å². The molecule has 1 aromatic heterocycles. The first kappa shape index (κ1) is 14.9. The van der Waals surface area contributed by atoms with Gasteiger partial charge in [-0.1, -0.05) is 25.4 Å². The van der Waals surface area contributed by atoms with Crippen LogP contribution in [-0.4, -0.2) is 27.8 Å². The van der Waals surface area contributed by atoms with Gasteiger partial charge in [-0.25, -0.2) is 0 Å². The summed E-state index contributed by atoms with van der Waals surface area (Å²) in [6, 6.07) is 0. The zero-order valence-corrected chi connectivity index (χ0v) is 12.7. The molecule has 0 radical (unpaired) electrons. The predicted octanol–water partition coefficient (Wildman–Crippen LogP) is 2.87. The van der Waals surface area contributed by atoms with Gasteiger partial charge in [-0.2, -0.15) is 16.9 Å². The lowest BCUT2D eigenvalue weighted by Crippen LogP contribution is -2.19. The first-order chi connectivity index (χ1) is 8.10. The minimum absolute atomic E-state index is 0.704. The van der Waals surface area contributed by atoms with Crippen LogP contribution >= 0.6 is 23.4 Å². The van der Waals surface area contributed by atoms with Crippen molar-refractivity contribution in [2.75, 3.05) is 12.8 Å². The van der Waals surface area contributed by atoms with Crippen molar-refractivity contribution in [3.05, 3.63) is 16.4 Å². The van der Waals surface area contributed by atoms with Crippen LogP contribution in [0.3, 0.4) is 0 Å². The van der Waals surface area contributed by atoms with Gasteiger partial charge in [0, 0.05) is 18.8 Å². The first-order valence-electron chi connectivity index (χ1n) is 6.03. The molecule has 0 bridgehead atoms. The van der Waals surface area contributed by atoms with Crippen molar-refractivity contribution in [2.45, 2.75) is 38.5 Å². The number of nitrogens with one attached hydrogen (secondary N) is 1. The Labute approximate surface area is 113 Å². The molecule has 0 aliphatic rings. The highest BCUT2D eigenvalue weighted by atomic mass is 35.5. The van der Waals surface area contributed by atoms with Crippen molar-refractivity contribution in [3.63, 3.8) is 0 Å². The van der Waals surface area contributed by atoms with Crippen molar-refractivity contribution >= 4 is 23.4 Å². The Bertz CT molecular complexity index is 352. The van der Waals surface area contributed by atoms with Gasteiger partial charge in [0.2, 0.25) is 0 Å². The van der Waals surface area contributed by atoms with E-state index in [9.17, 15) is 0 Å². The minimum atomic E-state index is 0.704. The lowest BCUT2D eigenvalue weighted by atomic mass is 10.3. The summed E-state index contributed by atoms with van der Waals surface area (Å²) in [4.78, 5) is 0. The minimum Gasteiger partial charge on any atom is -0.311 e. The number of nitrogens with zero attached hydrogens (tertiary/aromatic N) is 2. The number of thioether (sulfide) groups is 1. The van der Waals surface area contributed by atoms with E-state index in [4.69, 9.17) is 11.6 Å². The monoisotopic (exact) mass is 275 g/mol. The van der Waals surface area contributed by atoms with Gasteiger partial charge in [0.05, 0.1) is 16.4 Å². The molecule has 0 aromatic carbocycles. The predicted molar refractivity (Wildman–Crippen MR) is 76.9 cm³/mol. The molecule has 17 heavy (non-hydrogen) atoms. The molecule has 0 aliphatic carbocycles. The summed E-state index contributed by atoms with van der Waals surface area (Å²) >= 11 is 8.17. The quantitative estimate of drug-likeness (QED) is 0.776. The standard InChI is InChI=1S/C12H22ClN3S/c1-5-10-12(13)11(16(3)15-10)8-14-7-6-9(2)17-4/h9,14H,5-8H2,1-4H3. The van der Waals surface area contributed by atoms with Crippen molar-refractivity contribution in [3.8, 4) is 0 Å². The molecule has 0 saturated carbocycles. The van der Waals surface area contributed by atoms with E-state index in [1.807, 2.05) is 23.5 Å².